The molecule has 4 aromatic carbocycles. The minimum absolute atomic E-state index is 0.163. The van der Waals surface area contributed by atoms with Gasteiger partial charge in [0.1, 0.15) is 17.0 Å². The molecule has 7 rings (SSSR count). The molecular weight excluding hydrogens is 693 g/mol. The van der Waals surface area contributed by atoms with Gasteiger partial charge in [-0.3, -0.25) is 19.3 Å². The second kappa shape index (κ2) is 16.0. The minimum atomic E-state index is -0.411. The third-order valence-corrected chi connectivity index (χ3v) is 10.4. The highest BCUT2D eigenvalue weighted by atomic mass is 16.5. The molecule has 0 saturated carbocycles. The zero-order valence-corrected chi connectivity index (χ0v) is 31.7. The highest BCUT2D eigenvalue weighted by Gasteiger charge is 2.35. The van der Waals surface area contributed by atoms with Crippen molar-refractivity contribution >= 4 is 40.0 Å². The highest BCUT2D eigenvalue weighted by molar-refractivity contribution is 6.21. The van der Waals surface area contributed by atoms with Crippen molar-refractivity contribution in [3.8, 4) is 17.0 Å². The maximum absolute atomic E-state index is 13.3. The van der Waals surface area contributed by atoms with Crippen molar-refractivity contribution in [2.75, 3.05) is 26.8 Å². The molecular formula is C45H45N4O6+. The summed E-state index contributed by atoms with van der Waals surface area (Å²) in [5, 5.41) is 5.21. The number of aryl methyl sites for hydroxylation is 4. The average molecular weight is 738 g/mol. The third kappa shape index (κ3) is 7.19. The Morgan fingerprint density at radius 3 is 2.18 bits per heavy atom. The van der Waals surface area contributed by atoms with Crippen molar-refractivity contribution in [3.05, 3.63) is 136 Å². The zero-order chi connectivity index (χ0) is 38.6. The molecule has 280 valence electrons. The van der Waals surface area contributed by atoms with E-state index in [1.54, 1.807) is 24.3 Å². The number of hydrogen-bond acceptors (Lipinski definition) is 6. The summed E-state index contributed by atoms with van der Waals surface area (Å²) in [6, 6.07) is 30.9. The van der Waals surface area contributed by atoms with Gasteiger partial charge in [0.2, 0.25) is 0 Å². The molecule has 3 amide bonds. The summed E-state index contributed by atoms with van der Waals surface area (Å²) in [5.74, 6) is -0.225. The maximum atomic E-state index is 13.3. The van der Waals surface area contributed by atoms with Gasteiger partial charge in [0.15, 0.2) is 7.05 Å². The normalized spacial score (nSPS) is 12.4. The molecule has 10 heteroatoms. The zero-order valence-electron chi connectivity index (χ0n) is 31.7. The van der Waals surface area contributed by atoms with Crippen LogP contribution in [0.1, 0.15) is 83.9 Å². The van der Waals surface area contributed by atoms with Crippen LogP contribution in [0.4, 0.5) is 0 Å². The maximum Gasteiger partial charge on any atom is 0.406 e. The van der Waals surface area contributed by atoms with Crippen LogP contribution in [0, 0.1) is 13.8 Å². The fraction of sp³-hybridized carbons (Fsp3) is 0.267. The predicted octanol–water partition coefficient (Wildman–Crippen LogP) is 7.20. The van der Waals surface area contributed by atoms with Gasteiger partial charge in [0.05, 0.1) is 30.4 Å². The van der Waals surface area contributed by atoms with Crippen LogP contribution in [0.15, 0.2) is 97.1 Å². The van der Waals surface area contributed by atoms with Gasteiger partial charge in [-0.05, 0) is 105 Å². The van der Waals surface area contributed by atoms with Crippen LogP contribution in [0.3, 0.4) is 0 Å². The molecule has 0 spiro atoms. The van der Waals surface area contributed by atoms with Gasteiger partial charge in [0, 0.05) is 29.6 Å². The number of carbonyl (C=O) groups is 4. The largest absolute Gasteiger partial charge is 0.493 e. The lowest BCUT2D eigenvalue weighted by Crippen LogP contribution is -2.41. The molecule has 2 aromatic heterocycles. The Hall–Kier alpha value is -6.29. The van der Waals surface area contributed by atoms with Crippen LogP contribution in [-0.4, -0.2) is 59.9 Å². The van der Waals surface area contributed by atoms with E-state index < -0.39 is 5.97 Å². The molecule has 0 unspecified atom stereocenters. The van der Waals surface area contributed by atoms with Gasteiger partial charge in [-0.15, -0.1) is 4.52 Å². The number of nitrogens with zero attached hydrogens (tertiary/aromatic N) is 3. The number of amides is 3. The van der Waals surface area contributed by atoms with E-state index in [2.05, 4.69) is 23.5 Å². The van der Waals surface area contributed by atoms with E-state index in [-0.39, 0.29) is 17.7 Å². The molecule has 0 radical (unpaired) electrons. The molecule has 1 N–H and O–H groups in total. The number of rotatable bonds is 14. The van der Waals surface area contributed by atoms with E-state index in [0.29, 0.717) is 61.3 Å². The van der Waals surface area contributed by atoms with E-state index in [4.69, 9.17) is 9.47 Å². The van der Waals surface area contributed by atoms with Crippen molar-refractivity contribution in [2.45, 2.75) is 46.0 Å². The monoisotopic (exact) mass is 737 g/mol. The predicted molar refractivity (Wildman–Crippen MR) is 211 cm³/mol. The molecule has 0 saturated heterocycles. The van der Waals surface area contributed by atoms with Crippen molar-refractivity contribution in [3.63, 3.8) is 0 Å². The van der Waals surface area contributed by atoms with E-state index in [0.717, 1.165) is 62.8 Å². The number of hydrogen-bond donors (Lipinski definition) is 1. The summed E-state index contributed by atoms with van der Waals surface area (Å²) >= 11 is 0. The number of ether oxygens (including phenoxy) is 2. The molecule has 6 aromatic rings. The Morgan fingerprint density at radius 1 is 0.782 bits per heavy atom. The summed E-state index contributed by atoms with van der Waals surface area (Å²) in [6.07, 6.45) is 3.43. The van der Waals surface area contributed by atoms with Crippen LogP contribution in [0.2, 0.25) is 0 Å². The van der Waals surface area contributed by atoms with E-state index in [9.17, 15) is 19.2 Å². The number of aromatic nitrogens is 2. The van der Waals surface area contributed by atoms with Crippen LogP contribution >= 0.6 is 0 Å². The Labute approximate surface area is 320 Å². The molecule has 10 nitrogen and oxygen atoms in total. The van der Waals surface area contributed by atoms with Gasteiger partial charge in [-0.25, -0.2) is 4.79 Å². The summed E-state index contributed by atoms with van der Waals surface area (Å²) in [5.41, 5.74) is 7.47. The SMILES string of the molecule is COC(=O)c1c(CCCOc2cccc3ccccc23)c2cccc(-c3c(C)cc(C(=O)NCCCCCN4C(=O)c5ccccc5C4=O)cc3C)n2[n+]1C. The van der Waals surface area contributed by atoms with Gasteiger partial charge in [-0.2, -0.15) is 0 Å². The van der Waals surface area contributed by atoms with Gasteiger partial charge >= 0.3 is 11.7 Å². The van der Waals surface area contributed by atoms with Crippen LogP contribution in [-0.2, 0) is 18.2 Å². The molecule has 55 heavy (non-hydrogen) atoms. The lowest BCUT2D eigenvalue weighted by atomic mass is 9.96. The van der Waals surface area contributed by atoms with Crippen molar-refractivity contribution < 1.29 is 33.3 Å². The summed E-state index contributed by atoms with van der Waals surface area (Å²) in [7, 11) is 3.26. The molecule has 0 aliphatic carbocycles. The summed E-state index contributed by atoms with van der Waals surface area (Å²) in [4.78, 5) is 53.1. The first-order valence-corrected chi connectivity index (χ1v) is 18.8. The minimum Gasteiger partial charge on any atom is -0.493 e. The quantitative estimate of drug-likeness (QED) is 0.0549. The topological polar surface area (TPSA) is 110 Å². The van der Waals surface area contributed by atoms with Crippen molar-refractivity contribution in [1.29, 1.82) is 0 Å². The van der Waals surface area contributed by atoms with Gasteiger partial charge < -0.3 is 14.8 Å². The average Bonchev–Trinajstić information content (AvgIpc) is 3.62. The lowest BCUT2D eigenvalue weighted by molar-refractivity contribution is -0.738. The number of pyridine rings is 1. The molecule has 0 atom stereocenters. The fourth-order valence-electron chi connectivity index (χ4n) is 7.83. The Bertz CT molecular complexity index is 2400. The lowest BCUT2D eigenvalue weighted by Gasteiger charge is -2.14. The second-order valence-corrected chi connectivity index (χ2v) is 14.0. The number of methoxy groups -OCH3 is 1. The number of nitrogens with one attached hydrogen (secondary N) is 1. The van der Waals surface area contributed by atoms with E-state index in [1.165, 1.54) is 12.0 Å². The molecule has 0 bridgehead atoms. The third-order valence-electron chi connectivity index (χ3n) is 10.4. The number of unbranched alkanes of at least 4 members (excludes halogenated alkanes) is 2. The first-order valence-electron chi connectivity index (χ1n) is 18.8. The highest BCUT2D eigenvalue weighted by Crippen LogP contribution is 2.31. The molecule has 0 fully saturated rings. The number of benzene rings is 4. The number of carbonyl (C=O) groups excluding carboxylic acids is 4. The smallest absolute Gasteiger partial charge is 0.406 e. The van der Waals surface area contributed by atoms with E-state index in [1.807, 2.05) is 84.7 Å². The summed E-state index contributed by atoms with van der Waals surface area (Å²) in [6.45, 7) is 5.30. The number of fused-ring (bicyclic) bond motifs is 3. The molecule has 3 heterocycles. The number of imide groups is 1. The fourth-order valence-corrected chi connectivity index (χ4v) is 7.83. The first-order chi connectivity index (χ1) is 26.7. The van der Waals surface area contributed by atoms with Crippen molar-refractivity contribution in [1.82, 2.24) is 14.7 Å². The van der Waals surface area contributed by atoms with E-state index >= 15 is 0 Å². The number of esters is 1. The Balaban J connectivity index is 1.02. The Kier molecular flexibility index (Phi) is 10.8. The molecule has 1 aliphatic heterocycles. The van der Waals surface area contributed by atoms with Crippen LogP contribution < -0.4 is 14.7 Å². The standard InChI is InChI=1S/C45H44N4O6/c1-29-27-32(42(50)46-24-10-5-11-25-48-43(51)34-18-8-9-19-35(34)44(48)52)28-30(2)40(29)38-22-13-21-37-36(41(45(53)54-4)47(3)49(37)38)20-14-26-55-39-23-12-16-31-15-6-7-17-33(31)39/h6-9,12-13,15-19,21-23,27-28H,5,10-11,14,20,24-26H2,1-4H3/p+1. The second-order valence-electron chi connectivity index (χ2n) is 14.0. The van der Waals surface area contributed by atoms with Gasteiger partial charge in [0.25, 0.3) is 17.7 Å². The first kappa shape index (κ1) is 37.0. The Morgan fingerprint density at radius 2 is 1.45 bits per heavy atom. The summed E-state index contributed by atoms with van der Waals surface area (Å²) < 4.78 is 15.4. The molecule has 1 aliphatic rings. The van der Waals surface area contributed by atoms with Crippen molar-refractivity contribution in [2.24, 2.45) is 7.05 Å². The van der Waals surface area contributed by atoms with Crippen LogP contribution in [0.25, 0.3) is 27.5 Å². The van der Waals surface area contributed by atoms with Gasteiger partial charge in [-0.1, -0.05) is 59.3 Å². The van der Waals surface area contributed by atoms with Crippen LogP contribution in [0.5, 0.6) is 5.75 Å².